The predicted octanol–water partition coefficient (Wildman–Crippen LogP) is 2.09. The van der Waals surface area contributed by atoms with Crippen molar-refractivity contribution in [3.63, 3.8) is 0 Å². The molecule has 0 unspecified atom stereocenters. The van der Waals surface area contributed by atoms with Crippen LogP contribution >= 0.6 is 11.6 Å². The summed E-state index contributed by atoms with van der Waals surface area (Å²) in [6, 6.07) is 8.85. The third-order valence-electron chi connectivity index (χ3n) is 5.02. The number of nitrogens with one attached hydrogen (secondary N) is 1. The molecule has 2 aromatic carbocycles. The Labute approximate surface area is 183 Å². The summed E-state index contributed by atoms with van der Waals surface area (Å²) in [6.45, 7) is 3.54. The molecule has 31 heavy (non-hydrogen) atoms. The fourth-order valence-corrected chi connectivity index (χ4v) is 3.58. The number of ether oxygens (including phenoxy) is 1. The minimum atomic E-state index is -1.43. The molecule has 1 N–H and O–H groups in total. The number of halogens is 1. The molecule has 0 fully saturated rings. The summed E-state index contributed by atoms with van der Waals surface area (Å²) >= 11 is 5.84. The van der Waals surface area contributed by atoms with E-state index in [2.05, 4.69) is 5.32 Å². The number of carboxylic acid groups (broad SMARTS) is 1. The minimum absolute atomic E-state index is 0.0175. The number of carbonyl (C=O) groups excluding carboxylic acids is 2. The predicted molar refractivity (Wildman–Crippen MR) is 114 cm³/mol. The van der Waals surface area contributed by atoms with Crippen molar-refractivity contribution in [1.29, 1.82) is 0 Å². The SMILES string of the molecule is COc1cc(C)cc2oc(=O)c(CC(=O)N[C@H](Cc3ccc(Cl)cc3)C(=O)[O-])c(C)c12. The van der Waals surface area contributed by atoms with Crippen LogP contribution in [0.2, 0.25) is 5.02 Å². The number of hydrogen-bond acceptors (Lipinski definition) is 6. The second-order valence-electron chi connectivity index (χ2n) is 7.28. The van der Waals surface area contributed by atoms with Crippen LogP contribution in [0.25, 0.3) is 11.0 Å². The maximum Gasteiger partial charge on any atom is 0.340 e. The molecule has 0 saturated carbocycles. The molecular formula is C23H21ClNO6-. The number of hydrogen-bond donors (Lipinski definition) is 1. The molecule has 3 rings (SSSR count). The van der Waals surface area contributed by atoms with Gasteiger partial charge in [-0.15, -0.1) is 0 Å². The third kappa shape index (κ3) is 5.06. The van der Waals surface area contributed by atoms with Gasteiger partial charge in [0.2, 0.25) is 5.91 Å². The number of fused-ring (bicyclic) bond motifs is 1. The van der Waals surface area contributed by atoms with Crippen LogP contribution in [0.3, 0.4) is 0 Å². The second-order valence-corrected chi connectivity index (χ2v) is 7.72. The van der Waals surface area contributed by atoms with Crippen molar-refractivity contribution < 1.29 is 23.8 Å². The van der Waals surface area contributed by atoms with Crippen LogP contribution in [-0.2, 0) is 22.4 Å². The summed E-state index contributed by atoms with van der Waals surface area (Å²) < 4.78 is 10.8. The van der Waals surface area contributed by atoms with Crippen molar-refractivity contribution in [3.05, 3.63) is 74.1 Å². The van der Waals surface area contributed by atoms with Gasteiger partial charge in [-0.1, -0.05) is 23.7 Å². The molecule has 7 nitrogen and oxygen atoms in total. The smallest absolute Gasteiger partial charge is 0.340 e. The number of amides is 1. The maximum absolute atomic E-state index is 12.6. The van der Waals surface area contributed by atoms with Gasteiger partial charge in [-0.05, 0) is 61.2 Å². The summed E-state index contributed by atoms with van der Waals surface area (Å²) in [5.41, 5.74) is 1.91. The van der Waals surface area contributed by atoms with Crippen LogP contribution in [-0.4, -0.2) is 25.0 Å². The number of benzene rings is 2. The molecule has 8 heteroatoms. The van der Waals surface area contributed by atoms with E-state index >= 15 is 0 Å². The molecule has 1 aromatic heterocycles. The van der Waals surface area contributed by atoms with Crippen molar-refractivity contribution in [2.45, 2.75) is 32.7 Å². The minimum Gasteiger partial charge on any atom is -0.548 e. The number of carbonyl (C=O) groups is 2. The Morgan fingerprint density at radius 1 is 1.19 bits per heavy atom. The monoisotopic (exact) mass is 442 g/mol. The summed E-state index contributed by atoms with van der Waals surface area (Å²) in [4.78, 5) is 36.6. The Bertz CT molecular complexity index is 1200. The first-order valence-electron chi connectivity index (χ1n) is 9.55. The molecular weight excluding hydrogens is 422 g/mol. The van der Waals surface area contributed by atoms with Crippen molar-refractivity contribution in [2.24, 2.45) is 0 Å². The highest BCUT2D eigenvalue weighted by atomic mass is 35.5. The topological polar surface area (TPSA) is 109 Å². The number of carboxylic acids is 1. The summed E-state index contributed by atoms with van der Waals surface area (Å²) in [5.74, 6) is -1.54. The molecule has 0 aliphatic carbocycles. The van der Waals surface area contributed by atoms with Gasteiger partial charge in [0.1, 0.15) is 11.3 Å². The van der Waals surface area contributed by atoms with Crippen LogP contribution in [0.4, 0.5) is 0 Å². The van der Waals surface area contributed by atoms with E-state index < -0.39 is 23.5 Å². The van der Waals surface area contributed by atoms with Gasteiger partial charge in [0, 0.05) is 5.02 Å². The molecule has 1 heterocycles. The lowest BCUT2D eigenvalue weighted by Gasteiger charge is -2.20. The normalized spacial score (nSPS) is 11.9. The van der Waals surface area contributed by atoms with Gasteiger partial charge in [0.15, 0.2) is 0 Å². The first kappa shape index (κ1) is 22.4. The number of methoxy groups -OCH3 is 1. The van der Waals surface area contributed by atoms with Gasteiger partial charge < -0.3 is 24.4 Å². The summed E-state index contributed by atoms with van der Waals surface area (Å²) in [7, 11) is 1.51. The van der Waals surface area contributed by atoms with E-state index in [-0.39, 0.29) is 18.4 Å². The van der Waals surface area contributed by atoms with Gasteiger partial charge in [0.05, 0.1) is 36.5 Å². The van der Waals surface area contributed by atoms with Crippen LogP contribution in [0.1, 0.15) is 22.3 Å². The number of aliphatic carboxylic acids is 1. The van der Waals surface area contributed by atoms with Gasteiger partial charge >= 0.3 is 5.63 Å². The van der Waals surface area contributed by atoms with E-state index in [0.717, 1.165) is 5.56 Å². The highest BCUT2D eigenvalue weighted by Gasteiger charge is 2.20. The first-order chi connectivity index (χ1) is 14.7. The Hall–Kier alpha value is -3.32. The fraction of sp³-hybridized carbons (Fsp3) is 0.261. The van der Waals surface area contributed by atoms with E-state index in [1.54, 1.807) is 43.3 Å². The molecule has 1 amide bonds. The molecule has 0 spiro atoms. The molecule has 162 valence electrons. The Balaban J connectivity index is 1.86. The van der Waals surface area contributed by atoms with Crippen LogP contribution < -0.4 is 20.8 Å². The maximum atomic E-state index is 12.6. The quantitative estimate of drug-likeness (QED) is 0.561. The van der Waals surface area contributed by atoms with Gasteiger partial charge in [0.25, 0.3) is 0 Å². The molecule has 0 aliphatic heterocycles. The van der Waals surface area contributed by atoms with Crippen molar-refractivity contribution in [2.75, 3.05) is 7.11 Å². The third-order valence-corrected chi connectivity index (χ3v) is 5.27. The molecule has 0 radical (unpaired) electrons. The highest BCUT2D eigenvalue weighted by molar-refractivity contribution is 6.30. The lowest BCUT2D eigenvalue weighted by molar-refractivity contribution is -0.308. The fourth-order valence-electron chi connectivity index (χ4n) is 3.46. The second kappa shape index (κ2) is 9.22. The molecule has 0 bridgehead atoms. The van der Waals surface area contributed by atoms with E-state index in [1.165, 1.54) is 7.11 Å². The zero-order chi connectivity index (χ0) is 22.7. The van der Waals surface area contributed by atoms with Crippen molar-refractivity contribution in [3.8, 4) is 5.75 Å². The van der Waals surface area contributed by atoms with Crippen LogP contribution in [0.15, 0.2) is 45.6 Å². The van der Waals surface area contributed by atoms with E-state index in [9.17, 15) is 19.5 Å². The molecule has 3 aromatic rings. The number of rotatable bonds is 7. The van der Waals surface area contributed by atoms with E-state index in [0.29, 0.717) is 32.9 Å². The molecule has 0 aliphatic rings. The number of aryl methyl sites for hydroxylation is 2. The highest BCUT2D eigenvalue weighted by Crippen LogP contribution is 2.30. The largest absolute Gasteiger partial charge is 0.548 e. The van der Waals surface area contributed by atoms with Crippen molar-refractivity contribution in [1.82, 2.24) is 5.32 Å². The average Bonchev–Trinajstić information content (AvgIpc) is 2.71. The lowest BCUT2D eigenvalue weighted by Crippen LogP contribution is -2.49. The Kier molecular flexibility index (Phi) is 6.65. The Morgan fingerprint density at radius 2 is 1.87 bits per heavy atom. The molecule has 0 saturated heterocycles. The van der Waals surface area contributed by atoms with E-state index in [4.69, 9.17) is 20.8 Å². The van der Waals surface area contributed by atoms with Crippen LogP contribution in [0.5, 0.6) is 5.75 Å². The first-order valence-corrected chi connectivity index (χ1v) is 9.93. The molecule has 1 atom stereocenters. The van der Waals surface area contributed by atoms with Crippen molar-refractivity contribution >= 4 is 34.4 Å². The van der Waals surface area contributed by atoms with Gasteiger partial charge in [-0.3, -0.25) is 4.79 Å². The standard InChI is InChI=1S/C23H22ClNO6/c1-12-8-18(30-3)21-13(2)16(23(29)31-19(21)9-12)11-20(26)25-17(22(27)28)10-14-4-6-15(24)7-5-14/h4-9,17H,10-11H2,1-3H3,(H,25,26)(H,27,28)/p-1/t17-/m1/s1. The zero-order valence-electron chi connectivity index (χ0n) is 17.3. The van der Waals surface area contributed by atoms with E-state index in [1.807, 2.05) is 6.92 Å². The van der Waals surface area contributed by atoms with Gasteiger partial charge in [-0.25, -0.2) is 4.79 Å². The zero-order valence-corrected chi connectivity index (χ0v) is 18.0. The summed E-state index contributed by atoms with van der Waals surface area (Å²) in [5, 5.41) is 15.1. The summed E-state index contributed by atoms with van der Waals surface area (Å²) in [6.07, 6.45) is -0.324. The average molecular weight is 443 g/mol. The van der Waals surface area contributed by atoms with Gasteiger partial charge in [-0.2, -0.15) is 0 Å². The lowest BCUT2D eigenvalue weighted by atomic mass is 10.0. The Morgan fingerprint density at radius 3 is 2.48 bits per heavy atom. The van der Waals surface area contributed by atoms with Crippen LogP contribution in [0, 0.1) is 13.8 Å².